The zero-order valence-electron chi connectivity index (χ0n) is 17.9. The number of aryl methyl sites for hydroxylation is 1. The van der Waals surface area contributed by atoms with E-state index in [4.69, 9.17) is 0 Å². The molecule has 0 aromatic heterocycles. The van der Waals surface area contributed by atoms with Gasteiger partial charge in [-0.25, -0.2) is 13.1 Å². The van der Waals surface area contributed by atoms with Gasteiger partial charge in [0, 0.05) is 27.5 Å². The van der Waals surface area contributed by atoms with Crippen molar-refractivity contribution in [1.29, 1.82) is 0 Å². The first-order chi connectivity index (χ1) is 13.5. The summed E-state index contributed by atoms with van der Waals surface area (Å²) in [5.74, 6) is 0.749. The van der Waals surface area contributed by atoms with E-state index in [1.165, 1.54) is 0 Å². The molecule has 0 saturated heterocycles. The molecule has 2 saturated carbocycles. The smallest absolute Gasteiger partial charge is 0.258 e. The number of nitrogens with one attached hydrogen (secondary N) is 1. The maximum atomic E-state index is 12.7. The summed E-state index contributed by atoms with van der Waals surface area (Å²) < 4.78 is 40.0. The first kappa shape index (κ1) is 27.8. The average Bonchev–Trinajstić information content (AvgIpc) is 3.35. The summed E-state index contributed by atoms with van der Waals surface area (Å²) in [5.41, 5.74) is 1.00. The Balaban J connectivity index is 0.000000655. The molecule has 10 radical (unpaired) electrons. The van der Waals surface area contributed by atoms with E-state index in [-0.39, 0.29) is 22.0 Å². The molecule has 30 heavy (non-hydrogen) atoms. The summed E-state index contributed by atoms with van der Waals surface area (Å²) >= 11 is 0. The normalized spacial score (nSPS) is 20.2. The quantitative estimate of drug-likeness (QED) is 0.640. The van der Waals surface area contributed by atoms with E-state index in [0.717, 1.165) is 11.5 Å². The minimum absolute atomic E-state index is 0. The van der Waals surface area contributed by atoms with Crippen LogP contribution in [-0.2, 0) is 37.9 Å². The third-order valence-electron chi connectivity index (χ3n) is 4.25. The van der Waals surface area contributed by atoms with Crippen molar-refractivity contribution in [2.75, 3.05) is 0 Å². The first-order valence-electron chi connectivity index (χ1n) is 9.45. The van der Waals surface area contributed by atoms with E-state index in [1.807, 2.05) is 72.6 Å². The van der Waals surface area contributed by atoms with Crippen molar-refractivity contribution >= 4 is 20.8 Å². The fraction of sp³-hybridized carbons (Fsp3) is 0.304. The molecule has 162 valence electrons. The van der Waals surface area contributed by atoms with Gasteiger partial charge in [0.05, 0.1) is 10.1 Å². The Morgan fingerprint density at radius 3 is 1.87 bits per heavy atom. The Labute approximate surface area is 197 Å². The molecule has 3 rings (SSSR count). The van der Waals surface area contributed by atoms with Crippen molar-refractivity contribution in [1.82, 2.24) is 4.72 Å². The van der Waals surface area contributed by atoms with Crippen LogP contribution in [0.5, 0.6) is 0 Å². The van der Waals surface area contributed by atoms with Gasteiger partial charge >= 0.3 is 17.1 Å². The zero-order chi connectivity index (χ0) is 21.7. The van der Waals surface area contributed by atoms with Gasteiger partial charge in [0.1, 0.15) is 0 Å². The molecule has 2 atom stereocenters. The van der Waals surface area contributed by atoms with Crippen LogP contribution in [-0.4, -0.2) is 23.4 Å². The number of hydrogen-bond acceptors (Lipinski definition) is 3. The molecule has 1 N–H and O–H groups in total. The maximum absolute atomic E-state index is 12.7. The van der Waals surface area contributed by atoms with Crippen molar-refractivity contribution in [3.05, 3.63) is 92.4 Å². The third kappa shape index (κ3) is 8.05. The van der Waals surface area contributed by atoms with Crippen LogP contribution in [0.4, 0.5) is 0 Å². The van der Waals surface area contributed by atoms with Crippen molar-refractivity contribution in [2.45, 2.75) is 50.3 Å². The standard InChI is InChI=1S/C18H24NO3S2.C5H5.Fe/c1-13-9-11-15(12-10-13)24(21,22)19-14(2)16-7-6-8-17(16)23(20)18(3,4)5;1-2-4-5-3-1;/h6-12,14,19H,1-5H3;1-5H;/q;;+2/t14-,23+;;/m0../s1. The molecule has 0 aliphatic heterocycles. The molecule has 1 aromatic rings. The summed E-state index contributed by atoms with van der Waals surface area (Å²) in [7, 11) is -4.84. The van der Waals surface area contributed by atoms with Crippen LogP contribution in [0, 0.1) is 69.5 Å². The molecule has 1 aromatic carbocycles. The summed E-state index contributed by atoms with van der Waals surface area (Å²) in [5, 5.41) is 0.682. The predicted molar refractivity (Wildman–Crippen MR) is 120 cm³/mol. The van der Waals surface area contributed by atoms with E-state index >= 15 is 0 Å². The fourth-order valence-corrected chi connectivity index (χ4v) is 5.22. The van der Waals surface area contributed by atoms with Gasteiger partial charge in [-0.1, -0.05) is 17.7 Å². The van der Waals surface area contributed by atoms with Crippen LogP contribution in [0.15, 0.2) is 29.2 Å². The summed E-state index contributed by atoms with van der Waals surface area (Å²) in [6.45, 7) is 9.39. The number of sulfonamides is 1. The van der Waals surface area contributed by atoms with E-state index in [0.29, 0.717) is 5.25 Å². The second-order valence-electron chi connectivity index (χ2n) is 7.84. The summed E-state index contributed by atoms with van der Waals surface area (Å²) in [6, 6.07) is 6.24. The summed E-state index contributed by atoms with van der Waals surface area (Å²) in [6.07, 6.45) is 15.4. The molecular formula is C23H29FeNO3S2+2. The summed E-state index contributed by atoms with van der Waals surface area (Å²) in [4.78, 5) is 0.227. The van der Waals surface area contributed by atoms with Crippen LogP contribution >= 0.6 is 0 Å². The number of rotatable bonds is 5. The average molecular weight is 487 g/mol. The largest absolute Gasteiger partial charge is 2.00 e. The first-order valence-corrected chi connectivity index (χ1v) is 12.1. The third-order valence-corrected chi connectivity index (χ3v) is 7.69. The minimum Gasteiger partial charge on any atom is -0.258 e. The van der Waals surface area contributed by atoms with Gasteiger partial charge in [0.2, 0.25) is 10.0 Å². The Morgan fingerprint density at radius 2 is 1.40 bits per heavy atom. The van der Waals surface area contributed by atoms with Gasteiger partial charge in [-0.15, -0.1) is 0 Å². The molecule has 7 heteroatoms. The Bertz CT molecular complexity index is 761. The van der Waals surface area contributed by atoms with Crippen LogP contribution in [0.3, 0.4) is 0 Å². The maximum Gasteiger partial charge on any atom is 2.00 e. The topological polar surface area (TPSA) is 63.2 Å². The zero-order valence-corrected chi connectivity index (χ0v) is 20.6. The van der Waals surface area contributed by atoms with E-state index in [9.17, 15) is 12.6 Å². The molecule has 4 nitrogen and oxygen atoms in total. The Morgan fingerprint density at radius 1 is 0.900 bits per heavy atom. The van der Waals surface area contributed by atoms with Crippen LogP contribution in [0.2, 0.25) is 0 Å². The van der Waals surface area contributed by atoms with Gasteiger partial charge in [-0.3, -0.25) is 4.21 Å². The van der Waals surface area contributed by atoms with E-state index < -0.39 is 31.6 Å². The second kappa shape index (κ2) is 12.2. The SMILES string of the molecule is Cc1ccc(S(=O)(=O)N[C@@H](C)[C]2[CH][CH][CH][C]2[S@@](=O)C(C)(C)C)cc1.[CH]1[CH][CH][CH][CH]1.[Fe+2]. The predicted octanol–water partition coefficient (Wildman–Crippen LogP) is 3.96. The molecule has 0 bridgehead atoms. The van der Waals surface area contributed by atoms with Gasteiger partial charge in [0.15, 0.2) is 0 Å². The minimum atomic E-state index is -3.63. The molecule has 0 unspecified atom stereocenters. The van der Waals surface area contributed by atoms with Crippen molar-refractivity contribution < 1.29 is 29.7 Å². The molecule has 2 aliphatic carbocycles. The monoisotopic (exact) mass is 487 g/mol. The molecule has 0 heterocycles. The van der Waals surface area contributed by atoms with Crippen molar-refractivity contribution in [3.8, 4) is 0 Å². The fourth-order valence-electron chi connectivity index (χ4n) is 2.68. The molecule has 2 fully saturated rings. The molecule has 0 spiro atoms. The van der Waals surface area contributed by atoms with Gasteiger partial charge in [-0.2, -0.15) is 0 Å². The molecule has 2 aliphatic rings. The van der Waals surface area contributed by atoms with Crippen molar-refractivity contribution in [3.63, 3.8) is 0 Å². The van der Waals surface area contributed by atoms with Crippen LogP contribution in [0.1, 0.15) is 33.3 Å². The van der Waals surface area contributed by atoms with E-state index in [2.05, 4.69) is 4.72 Å². The van der Waals surface area contributed by atoms with Crippen LogP contribution < -0.4 is 4.72 Å². The van der Waals surface area contributed by atoms with E-state index in [1.54, 1.807) is 37.6 Å². The Kier molecular flexibility index (Phi) is 11.3. The number of benzene rings is 1. The molecular weight excluding hydrogens is 458 g/mol. The van der Waals surface area contributed by atoms with Gasteiger partial charge < -0.3 is 0 Å². The van der Waals surface area contributed by atoms with Crippen molar-refractivity contribution in [2.24, 2.45) is 0 Å². The van der Waals surface area contributed by atoms with Gasteiger partial charge in [0.25, 0.3) is 0 Å². The number of hydrogen-bond donors (Lipinski definition) is 1. The Hall–Kier alpha value is -0.201. The second-order valence-corrected chi connectivity index (χ2v) is 11.8. The molecule has 0 amide bonds. The van der Waals surface area contributed by atoms with Crippen LogP contribution in [0.25, 0.3) is 0 Å². The van der Waals surface area contributed by atoms with Gasteiger partial charge in [-0.05, 0) is 98.1 Å².